The number of thioether (sulfide) groups is 1. The Labute approximate surface area is 125 Å². The van der Waals surface area contributed by atoms with E-state index in [-0.39, 0.29) is 28.6 Å². The zero-order chi connectivity index (χ0) is 15.1. The molecule has 0 bridgehead atoms. The third-order valence-corrected chi connectivity index (χ3v) is 3.27. The van der Waals surface area contributed by atoms with E-state index in [9.17, 15) is 9.18 Å². The summed E-state index contributed by atoms with van der Waals surface area (Å²) in [6.07, 6.45) is 0. The van der Waals surface area contributed by atoms with E-state index in [1.54, 1.807) is 19.2 Å². The van der Waals surface area contributed by atoms with Gasteiger partial charge in [-0.25, -0.2) is 4.39 Å². The molecule has 6 nitrogen and oxygen atoms in total. The Hall–Kier alpha value is -1.93. The molecule has 0 radical (unpaired) electrons. The molecule has 1 heterocycles. The van der Waals surface area contributed by atoms with E-state index in [1.165, 1.54) is 12.1 Å². The van der Waals surface area contributed by atoms with Crippen molar-refractivity contribution in [1.29, 1.82) is 0 Å². The van der Waals surface area contributed by atoms with Crippen LogP contribution >= 0.6 is 11.8 Å². The van der Waals surface area contributed by atoms with Gasteiger partial charge in [-0.2, -0.15) is 0 Å². The lowest BCUT2D eigenvalue weighted by molar-refractivity contribution is -0.118. The molecule has 0 saturated carbocycles. The number of benzene rings is 1. The van der Waals surface area contributed by atoms with Crippen LogP contribution in [0.4, 0.5) is 4.39 Å². The summed E-state index contributed by atoms with van der Waals surface area (Å²) in [4.78, 5) is 11.5. The van der Waals surface area contributed by atoms with Gasteiger partial charge in [0.25, 0.3) is 5.22 Å². The fraction of sp³-hybridized carbons (Fsp3) is 0.308. The molecule has 2 rings (SSSR count). The van der Waals surface area contributed by atoms with Crippen molar-refractivity contribution in [3.8, 4) is 11.5 Å². The fourth-order valence-corrected chi connectivity index (χ4v) is 2.04. The van der Waals surface area contributed by atoms with Gasteiger partial charge in [0.15, 0.2) is 0 Å². The molecule has 0 atom stereocenters. The van der Waals surface area contributed by atoms with Gasteiger partial charge in [-0.3, -0.25) is 4.79 Å². The lowest BCUT2D eigenvalue weighted by Gasteiger charge is -2.02. The van der Waals surface area contributed by atoms with Crippen LogP contribution in [0.1, 0.15) is 0 Å². The highest BCUT2D eigenvalue weighted by atomic mass is 32.2. The number of ether oxygens (including phenoxy) is 1. The van der Waals surface area contributed by atoms with E-state index in [1.807, 2.05) is 0 Å². The fourth-order valence-electron chi connectivity index (χ4n) is 1.45. The van der Waals surface area contributed by atoms with Gasteiger partial charge in [0.05, 0.1) is 12.4 Å². The van der Waals surface area contributed by atoms with E-state index in [0.29, 0.717) is 18.7 Å². The highest BCUT2D eigenvalue weighted by Crippen LogP contribution is 2.23. The van der Waals surface area contributed by atoms with E-state index >= 15 is 0 Å². The Balaban J connectivity index is 1.86. The first-order chi connectivity index (χ1) is 10.2. The van der Waals surface area contributed by atoms with Gasteiger partial charge in [0.1, 0.15) is 5.82 Å². The van der Waals surface area contributed by atoms with Crippen molar-refractivity contribution in [3.05, 3.63) is 30.1 Å². The number of aromatic nitrogens is 2. The number of carbonyl (C=O) groups excluding carboxylic acids is 1. The molecule has 0 unspecified atom stereocenters. The van der Waals surface area contributed by atoms with E-state index in [4.69, 9.17) is 9.15 Å². The standard InChI is InChI=1S/C13H14FN3O3S/c1-19-7-6-15-11(18)8-21-13-17-16-12(20-13)9-2-4-10(14)5-3-9/h2-5H,6-8H2,1H3,(H,15,18). The minimum absolute atomic E-state index is 0.140. The van der Waals surface area contributed by atoms with Crippen molar-refractivity contribution >= 4 is 17.7 Å². The maximum Gasteiger partial charge on any atom is 0.277 e. The lowest BCUT2D eigenvalue weighted by atomic mass is 10.2. The van der Waals surface area contributed by atoms with Crippen LogP contribution in [-0.4, -0.2) is 42.1 Å². The van der Waals surface area contributed by atoms with Crippen LogP contribution in [0, 0.1) is 5.82 Å². The van der Waals surface area contributed by atoms with Crippen molar-refractivity contribution in [3.63, 3.8) is 0 Å². The molecule has 21 heavy (non-hydrogen) atoms. The summed E-state index contributed by atoms with van der Waals surface area (Å²) in [5, 5.41) is 10.7. The Kier molecular flexibility index (Phi) is 5.70. The lowest BCUT2D eigenvalue weighted by Crippen LogP contribution is -2.28. The van der Waals surface area contributed by atoms with Crippen molar-refractivity contribution in [2.45, 2.75) is 5.22 Å². The molecule has 0 spiro atoms. The summed E-state index contributed by atoms with van der Waals surface area (Å²) in [7, 11) is 1.57. The number of rotatable bonds is 7. The molecule has 8 heteroatoms. The van der Waals surface area contributed by atoms with Crippen LogP contribution in [0.5, 0.6) is 0 Å². The second-order valence-corrected chi connectivity index (χ2v) is 4.94. The van der Waals surface area contributed by atoms with Crippen molar-refractivity contribution in [1.82, 2.24) is 15.5 Å². The van der Waals surface area contributed by atoms with E-state index in [2.05, 4.69) is 15.5 Å². The summed E-state index contributed by atoms with van der Waals surface area (Å²) in [6.45, 7) is 0.923. The molecule has 1 amide bonds. The molecular formula is C13H14FN3O3S. The molecule has 0 fully saturated rings. The topological polar surface area (TPSA) is 77.2 Å². The molecular weight excluding hydrogens is 297 g/mol. The van der Waals surface area contributed by atoms with E-state index < -0.39 is 0 Å². The quantitative estimate of drug-likeness (QED) is 0.620. The van der Waals surface area contributed by atoms with Crippen LogP contribution in [0.3, 0.4) is 0 Å². The Morgan fingerprint density at radius 2 is 2.14 bits per heavy atom. The highest BCUT2D eigenvalue weighted by molar-refractivity contribution is 7.99. The first-order valence-electron chi connectivity index (χ1n) is 6.17. The van der Waals surface area contributed by atoms with Crippen molar-refractivity contribution in [2.24, 2.45) is 0 Å². The molecule has 112 valence electrons. The van der Waals surface area contributed by atoms with Crippen LogP contribution in [0.25, 0.3) is 11.5 Å². The molecule has 0 aliphatic rings. The summed E-state index contributed by atoms with van der Waals surface area (Å²) in [5.74, 6) is -0.00846. The van der Waals surface area contributed by atoms with Crippen LogP contribution in [-0.2, 0) is 9.53 Å². The maximum absolute atomic E-state index is 12.8. The number of hydrogen-bond donors (Lipinski definition) is 1. The largest absolute Gasteiger partial charge is 0.411 e. The number of hydrogen-bond acceptors (Lipinski definition) is 6. The Morgan fingerprint density at radius 3 is 2.86 bits per heavy atom. The zero-order valence-electron chi connectivity index (χ0n) is 11.3. The van der Waals surface area contributed by atoms with Gasteiger partial charge in [0.2, 0.25) is 11.8 Å². The van der Waals surface area contributed by atoms with Crippen LogP contribution < -0.4 is 5.32 Å². The Bertz CT molecular complexity index is 589. The third-order valence-electron chi connectivity index (χ3n) is 2.45. The SMILES string of the molecule is COCCNC(=O)CSc1nnc(-c2ccc(F)cc2)o1. The third kappa shape index (κ3) is 4.83. The maximum atomic E-state index is 12.8. The number of methoxy groups -OCH3 is 1. The molecule has 0 aliphatic heterocycles. The molecule has 1 aromatic heterocycles. The van der Waals surface area contributed by atoms with Crippen LogP contribution in [0.2, 0.25) is 0 Å². The molecule has 0 saturated heterocycles. The second-order valence-electron chi connectivity index (χ2n) is 4.01. The minimum atomic E-state index is -0.333. The average Bonchev–Trinajstić information content (AvgIpc) is 2.95. The predicted octanol–water partition coefficient (Wildman–Crippen LogP) is 1.73. The molecule has 1 N–H and O–H groups in total. The van der Waals surface area contributed by atoms with E-state index in [0.717, 1.165) is 11.8 Å². The highest BCUT2D eigenvalue weighted by Gasteiger charge is 2.11. The summed E-state index contributed by atoms with van der Waals surface area (Å²) >= 11 is 1.14. The second kappa shape index (κ2) is 7.75. The van der Waals surface area contributed by atoms with Gasteiger partial charge in [-0.1, -0.05) is 11.8 Å². The summed E-state index contributed by atoms with van der Waals surface area (Å²) < 4.78 is 23.0. The van der Waals surface area contributed by atoms with Crippen LogP contribution in [0.15, 0.2) is 33.9 Å². The summed E-state index contributed by atoms with van der Waals surface area (Å²) in [5.41, 5.74) is 0.625. The predicted molar refractivity (Wildman–Crippen MR) is 75.3 cm³/mol. The normalized spacial score (nSPS) is 10.6. The van der Waals surface area contributed by atoms with Gasteiger partial charge in [0, 0.05) is 19.2 Å². The zero-order valence-corrected chi connectivity index (χ0v) is 12.2. The van der Waals surface area contributed by atoms with Gasteiger partial charge in [-0.15, -0.1) is 10.2 Å². The number of nitrogens with zero attached hydrogens (tertiary/aromatic N) is 2. The van der Waals surface area contributed by atoms with Gasteiger partial charge >= 0.3 is 0 Å². The minimum Gasteiger partial charge on any atom is -0.411 e. The number of amides is 1. The molecule has 1 aromatic carbocycles. The Morgan fingerprint density at radius 1 is 1.38 bits per heavy atom. The van der Waals surface area contributed by atoms with Gasteiger partial charge in [-0.05, 0) is 24.3 Å². The monoisotopic (exact) mass is 311 g/mol. The first kappa shape index (κ1) is 15.5. The number of carbonyl (C=O) groups is 1. The number of nitrogens with one attached hydrogen (secondary N) is 1. The molecule has 2 aromatic rings. The summed E-state index contributed by atoms with van der Waals surface area (Å²) in [6, 6.07) is 5.73. The van der Waals surface area contributed by atoms with Crippen molar-refractivity contribution in [2.75, 3.05) is 26.0 Å². The van der Waals surface area contributed by atoms with Crippen molar-refractivity contribution < 1.29 is 18.3 Å². The number of halogens is 1. The first-order valence-corrected chi connectivity index (χ1v) is 7.15. The average molecular weight is 311 g/mol. The van der Waals surface area contributed by atoms with Gasteiger partial charge < -0.3 is 14.5 Å². The molecule has 0 aliphatic carbocycles. The smallest absolute Gasteiger partial charge is 0.277 e.